The maximum absolute atomic E-state index is 11.8. The Morgan fingerprint density at radius 2 is 1.92 bits per heavy atom. The minimum atomic E-state index is -0.816. The second kappa shape index (κ2) is 9.72. The van der Waals surface area contributed by atoms with Gasteiger partial charge in [-0.3, -0.25) is 9.59 Å². The number of aryl methyl sites for hydroxylation is 1. The molecule has 0 aliphatic heterocycles. The van der Waals surface area contributed by atoms with Gasteiger partial charge in [-0.15, -0.1) is 11.3 Å². The van der Waals surface area contributed by atoms with E-state index in [0.717, 1.165) is 12.0 Å². The average Bonchev–Trinajstić information content (AvgIpc) is 3.09. The van der Waals surface area contributed by atoms with Gasteiger partial charge in [-0.1, -0.05) is 18.2 Å². The van der Waals surface area contributed by atoms with Gasteiger partial charge in [-0.2, -0.15) is 0 Å². The Kier molecular flexibility index (Phi) is 7.29. The lowest BCUT2D eigenvalue weighted by molar-refractivity contribution is -0.137. The molecule has 128 valence electrons. The van der Waals surface area contributed by atoms with Gasteiger partial charge in [0.15, 0.2) is 0 Å². The van der Waals surface area contributed by atoms with E-state index in [4.69, 9.17) is 9.84 Å². The number of benzene rings is 1. The number of hydrogen-bond donors (Lipinski definition) is 2. The lowest BCUT2D eigenvalue weighted by Crippen LogP contribution is -2.22. The topological polar surface area (TPSA) is 75.6 Å². The minimum absolute atomic E-state index is 0.0393. The number of rotatable bonds is 10. The zero-order valence-corrected chi connectivity index (χ0v) is 14.2. The number of aliphatic carboxylic acids is 1. The van der Waals surface area contributed by atoms with Crippen LogP contribution in [0.2, 0.25) is 0 Å². The molecule has 1 amide bonds. The van der Waals surface area contributed by atoms with E-state index in [9.17, 15) is 9.59 Å². The fraction of sp³-hybridized carbons (Fsp3) is 0.333. The Balaban J connectivity index is 1.65. The highest BCUT2D eigenvalue weighted by molar-refractivity contribution is 7.09. The van der Waals surface area contributed by atoms with Gasteiger partial charge in [0.25, 0.3) is 0 Å². The molecule has 0 fully saturated rings. The molecular weight excluding hydrogens is 326 g/mol. The zero-order valence-electron chi connectivity index (χ0n) is 13.4. The maximum Gasteiger partial charge on any atom is 0.303 e. The van der Waals surface area contributed by atoms with Gasteiger partial charge in [0.2, 0.25) is 5.91 Å². The van der Waals surface area contributed by atoms with Crippen molar-refractivity contribution in [2.75, 3.05) is 6.61 Å². The zero-order chi connectivity index (χ0) is 17.2. The fourth-order valence-electron chi connectivity index (χ4n) is 2.10. The Morgan fingerprint density at radius 3 is 2.58 bits per heavy atom. The molecule has 0 radical (unpaired) electrons. The number of carboxylic acids is 1. The van der Waals surface area contributed by atoms with Crippen LogP contribution in [0, 0.1) is 0 Å². The summed E-state index contributed by atoms with van der Waals surface area (Å²) in [7, 11) is 0. The molecule has 0 aliphatic rings. The maximum atomic E-state index is 11.8. The second-order valence-corrected chi connectivity index (χ2v) is 6.38. The molecule has 0 spiro atoms. The molecule has 2 rings (SSSR count). The molecule has 0 bridgehead atoms. The van der Waals surface area contributed by atoms with E-state index in [1.807, 2.05) is 41.8 Å². The van der Waals surface area contributed by atoms with E-state index in [1.165, 1.54) is 4.88 Å². The molecular formula is C18H21NO4S. The van der Waals surface area contributed by atoms with Gasteiger partial charge in [0, 0.05) is 24.3 Å². The molecule has 1 aromatic heterocycles. The molecule has 0 saturated heterocycles. The van der Waals surface area contributed by atoms with Gasteiger partial charge in [0.1, 0.15) is 5.75 Å². The van der Waals surface area contributed by atoms with Crippen molar-refractivity contribution in [2.24, 2.45) is 0 Å². The molecule has 0 atom stereocenters. The van der Waals surface area contributed by atoms with Crippen LogP contribution >= 0.6 is 11.3 Å². The van der Waals surface area contributed by atoms with Crippen molar-refractivity contribution in [1.29, 1.82) is 0 Å². The predicted molar refractivity (Wildman–Crippen MR) is 93.3 cm³/mol. The number of nitrogens with one attached hydrogen (secondary N) is 1. The number of carboxylic acid groups (broad SMARTS) is 1. The van der Waals surface area contributed by atoms with Crippen molar-refractivity contribution >= 4 is 23.2 Å². The highest BCUT2D eigenvalue weighted by atomic mass is 32.1. The number of amides is 1. The van der Waals surface area contributed by atoms with E-state index in [-0.39, 0.29) is 12.3 Å². The van der Waals surface area contributed by atoms with Crippen LogP contribution in [0.4, 0.5) is 0 Å². The van der Waals surface area contributed by atoms with E-state index in [0.29, 0.717) is 31.7 Å². The molecule has 0 aliphatic carbocycles. The molecule has 0 saturated carbocycles. The van der Waals surface area contributed by atoms with E-state index in [2.05, 4.69) is 5.32 Å². The Bertz CT molecular complexity index is 638. The normalized spacial score (nSPS) is 10.3. The second-order valence-electron chi connectivity index (χ2n) is 5.35. The molecule has 24 heavy (non-hydrogen) atoms. The first-order valence-corrected chi connectivity index (χ1v) is 8.74. The average molecular weight is 347 g/mol. The standard InChI is InChI=1S/C18H21NO4S/c20-17(10-9-16-3-2-12-24-16)19-13-14-5-7-15(8-6-14)23-11-1-4-18(21)22/h2-3,5-8,12H,1,4,9-11,13H2,(H,19,20)(H,21,22). The van der Waals surface area contributed by atoms with Crippen LogP contribution in [0.3, 0.4) is 0 Å². The summed E-state index contributed by atoms with van der Waals surface area (Å²) < 4.78 is 5.47. The molecule has 2 aromatic rings. The summed E-state index contributed by atoms with van der Waals surface area (Å²) in [5, 5.41) is 13.5. The van der Waals surface area contributed by atoms with Crippen molar-refractivity contribution < 1.29 is 19.4 Å². The van der Waals surface area contributed by atoms with Crippen molar-refractivity contribution in [1.82, 2.24) is 5.32 Å². The summed E-state index contributed by atoms with van der Waals surface area (Å²) in [6.07, 6.45) is 1.85. The monoisotopic (exact) mass is 347 g/mol. The largest absolute Gasteiger partial charge is 0.494 e. The summed E-state index contributed by atoms with van der Waals surface area (Å²) >= 11 is 1.66. The van der Waals surface area contributed by atoms with E-state index >= 15 is 0 Å². The quantitative estimate of drug-likeness (QED) is 0.647. The number of thiophene rings is 1. The molecule has 5 nitrogen and oxygen atoms in total. The Labute approximate surface area is 145 Å². The summed E-state index contributed by atoms with van der Waals surface area (Å²) in [4.78, 5) is 23.5. The molecule has 2 N–H and O–H groups in total. The Morgan fingerprint density at radius 1 is 1.12 bits per heavy atom. The predicted octanol–water partition coefficient (Wildman–Crippen LogP) is 3.24. The molecule has 0 unspecified atom stereocenters. The first-order valence-electron chi connectivity index (χ1n) is 7.86. The van der Waals surface area contributed by atoms with Crippen molar-refractivity contribution in [3.63, 3.8) is 0 Å². The van der Waals surface area contributed by atoms with Crippen molar-refractivity contribution in [2.45, 2.75) is 32.2 Å². The number of carbonyl (C=O) groups excluding carboxylic acids is 1. The lowest BCUT2D eigenvalue weighted by Gasteiger charge is -2.08. The summed E-state index contributed by atoms with van der Waals surface area (Å²) in [6, 6.07) is 11.5. The van der Waals surface area contributed by atoms with Crippen LogP contribution in [0.5, 0.6) is 5.75 Å². The number of ether oxygens (including phenoxy) is 1. The SMILES string of the molecule is O=C(O)CCCOc1ccc(CNC(=O)CCc2cccs2)cc1. The highest BCUT2D eigenvalue weighted by Gasteiger charge is 2.04. The van der Waals surface area contributed by atoms with Crippen molar-refractivity contribution in [3.05, 3.63) is 52.2 Å². The van der Waals surface area contributed by atoms with Crippen LogP contribution in [0.25, 0.3) is 0 Å². The van der Waals surface area contributed by atoms with Crippen LogP contribution < -0.4 is 10.1 Å². The summed E-state index contributed by atoms with van der Waals surface area (Å²) in [5.41, 5.74) is 0.998. The minimum Gasteiger partial charge on any atom is -0.494 e. The highest BCUT2D eigenvalue weighted by Crippen LogP contribution is 2.13. The van der Waals surface area contributed by atoms with Gasteiger partial charge in [-0.25, -0.2) is 0 Å². The van der Waals surface area contributed by atoms with Gasteiger partial charge in [0.05, 0.1) is 6.61 Å². The van der Waals surface area contributed by atoms with E-state index in [1.54, 1.807) is 11.3 Å². The number of carbonyl (C=O) groups is 2. The Hall–Kier alpha value is -2.34. The third kappa shape index (κ3) is 6.83. The first kappa shape index (κ1) is 18.0. The first-order chi connectivity index (χ1) is 11.6. The summed E-state index contributed by atoms with van der Waals surface area (Å²) in [5.74, 6) is -0.0747. The fourth-order valence-corrected chi connectivity index (χ4v) is 2.81. The van der Waals surface area contributed by atoms with Crippen LogP contribution in [0.1, 0.15) is 29.7 Å². The number of hydrogen-bond acceptors (Lipinski definition) is 4. The van der Waals surface area contributed by atoms with Gasteiger partial charge in [-0.05, 0) is 42.0 Å². The smallest absolute Gasteiger partial charge is 0.303 e. The summed E-state index contributed by atoms with van der Waals surface area (Å²) in [6.45, 7) is 0.869. The third-order valence-electron chi connectivity index (χ3n) is 3.40. The molecule has 1 heterocycles. The molecule has 6 heteroatoms. The van der Waals surface area contributed by atoms with Crippen molar-refractivity contribution in [3.8, 4) is 5.75 Å². The van der Waals surface area contributed by atoms with Gasteiger partial charge >= 0.3 is 5.97 Å². The van der Waals surface area contributed by atoms with Crippen LogP contribution in [-0.4, -0.2) is 23.6 Å². The third-order valence-corrected chi connectivity index (χ3v) is 4.33. The van der Waals surface area contributed by atoms with Gasteiger partial charge < -0.3 is 15.2 Å². The van der Waals surface area contributed by atoms with Crippen LogP contribution in [0.15, 0.2) is 41.8 Å². The lowest BCUT2D eigenvalue weighted by atomic mass is 10.2. The molecule has 1 aromatic carbocycles. The van der Waals surface area contributed by atoms with E-state index < -0.39 is 5.97 Å². The van der Waals surface area contributed by atoms with Crippen LogP contribution in [-0.2, 0) is 22.6 Å².